The fourth-order valence-electron chi connectivity index (χ4n) is 3.16. The molecule has 3 rings (SSSR count). The van der Waals surface area contributed by atoms with Crippen LogP contribution >= 0.6 is 0 Å². The molecule has 1 N–H and O–H groups in total. The van der Waals surface area contributed by atoms with Gasteiger partial charge in [-0.3, -0.25) is 4.79 Å². The van der Waals surface area contributed by atoms with Crippen molar-refractivity contribution in [3.63, 3.8) is 0 Å². The van der Waals surface area contributed by atoms with Crippen LogP contribution in [0.25, 0.3) is 6.08 Å². The first-order valence-corrected chi connectivity index (χ1v) is 8.99. The maximum Gasteiger partial charge on any atom is 0.334 e. The normalized spacial score (nSPS) is 13.5. The van der Waals surface area contributed by atoms with Crippen molar-refractivity contribution in [3.05, 3.63) is 70.8 Å². The Kier molecular flexibility index (Phi) is 6.04. The Balaban J connectivity index is 1.63. The average molecular weight is 365 g/mol. The molecule has 0 saturated carbocycles. The van der Waals surface area contributed by atoms with E-state index in [1.54, 1.807) is 14.0 Å². The Morgan fingerprint density at radius 3 is 2.63 bits per heavy atom. The van der Waals surface area contributed by atoms with Crippen molar-refractivity contribution >= 4 is 23.6 Å². The highest BCUT2D eigenvalue weighted by molar-refractivity contribution is 5.97. The van der Waals surface area contributed by atoms with E-state index in [2.05, 4.69) is 5.32 Å². The van der Waals surface area contributed by atoms with E-state index in [0.29, 0.717) is 24.3 Å². The van der Waals surface area contributed by atoms with Gasteiger partial charge in [0.25, 0.3) is 0 Å². The van der Waals surface area contributed by atoms with E-state index in [1.807, 2.05) is 54.6 Å². The summed E-state index contributed by atoms with van der Waals surface area (Å²) in [6.07, 6.45) is 2.29. The van der Waals surface area contributed by atoms with Gasteiger partial charge in [0, 0.05) is 24.8 Å². The van der Waals surface area contributed by atoms with Crippen LogP contribution in [0.4, 0.5) is 5.69 Å². The molecule has 2 aromatic carbocycles. The summed E-state index contributed by atoms with van der Waals surface area (Å²) in [6, 6.07) is 15.3. The van der Waals surface area contributed by atoms with Crippen molar-refractivity contribution < 1.29 is 19.1 Å². The molecule has 1 unspecified atom stereocenters. The largest absolute Gasteiger partial charge is 0.463 e. The van der Waals surface area contributed by atoms with Gasteiger partial charge in [-0.05, 0) is 41.8 Å². The van der Waals surface area contributed by atoms with Gasteiger partial charge in [0.05, 0.1) is 19.1 Å². The molecule has 1 atom stereocenters. The van der Waals surface area contributed by atoms with E-state index in [1.165, 1.54) is 0 Å². The number of rotatable bonds is 7. The maximum absolute atomic E-state index is 12.4. The van der Waals surface area contributed by atoms with E-state index in [4.69, 9.17) is 9.47 Å². The molecule has 0 bridgehead atoms. The summed E-state index contributed by atoms with van der Waals surface area (Å²) < 4.78 is 10.5. The summed E-state index contributed by atoms with van der Waals surface area (Å²) >= 11 is 0. The Bertz CT molecular complexity index is 858. The smallest absolute Gasteiger partial charge is 0.334 e. The Labute approximate surface area is 159 Å². The molecule has 1 aliphatic carbocycles. The minimum absolute atomic E-state index is 0.123. The second-order valence-electron chi connectivity index (χ2n) is 6.37. The van der Waals surface area contributed by atoms with Crippen LogP contribution in [-0.2, 0) is 25.5 Å². The number of methoxy groups -OCH3 is 1. The highest BCUT2D eigenvalue weighted by atomic mass is 16.5. The van der Waals surface area contributed by atoms with Gasteiger partial charge in [-0.2, -0.15) is 0 Å². The maximum atomic E-state index is 12.4. The summed E-state index contributed by atoms with van der Waals surface area (Å²) in [5.74, 6) is -0.410. The van der Waals surface area contributed by atoms with Gasteiger partial charge >= 0.3 is 5.97 Å². The molecule has 27 heavy (non-hydrogen) atoms. The summed E-state index contributed by atoms with van der Waals surface area (Å²) in [7, 11) is 1.60. The molecule has 0 aromatic heterocycles. The molecule has 0 radical (unpaired) electrons. The minimum Gasteiger partial charge on any atom is -0.463 e. The van der Waals surface area contributed by atoms with Gasteiger partial charge in [-0.25, -0.2) is 4.79 Å². The third-order valence-corrected chi connectivity index (χ3v) is 4.50. The van der Waals surface area contributed by atoms with E-state index < -0.39 is 0 Å². The lowest BCUT2D eigenvalue weighted by atomic mass is 10.1. The third kappa shape index (κ3) is 4.63. The van der Waals surface area contributed by atoms with Crippen LogP contribution in [0.15, 0.2) is 54.1 Å². The fourth-order valence-corrected chi connectivity index (χ4v) is 3.16. The van der Waals surface area contributed by atoms with Crippen molar-refractivity contribution in [2.45, 2.75) is 25.9 Å². The number of hydrogen-bond donors (Lipinski definition) is 1. The highest BCUT2D eigenvalue weighted by Gasteiger charge is 2.20. The molecule has 1 amide bonds. The highest BCUT2D eigenvalue weighted by Crippen LogP contribution is 2.29. The predicted octanol–water partition coefficient (Wildman–Crippen LogP) is 3.91. The number of carbonyl (C=O) groups excluding carboxylic acids is 2. The quantitative estimate of drug-likeness (QED) is 0.756. The number of esters is 1. The Hall–Kier alpha value is -2.92. The van der Waals surface area contributed by atoms with E-state index in [-0.39, 0.29) is 24.4 Å². The number of benzene rings is 2. The van der Waals surface area contributed by atoms with Gasteiger partial charge in [0.15, 0.2) is 0 Å². The molecule has 0 aliphatic heterocycles. The predicted molar refractivity (Wildman–Crippen MR) is 104 cm³/mol. The molecule has 0 heterocycles. The molecule has 5 nitrogen and oxygen atoms in total. The van der Waals surface area contributed by atoms with Gasteiger partial charge in [-0.15, -0.1) is 0 Å². The zero-order valence-electron chi connectivity index (χ0n) is 15.5. The van der Waals surface area contributed by atoms with Crippen LogP contribution in [0.5, 0.6) is 0 Å². The SMILES string of the molecule is CCOC(=O)C1=Cc2ccc(NC(=O)CC(OC)c3ccccc3)cc2C1. The van der Waals surface area contributed by atoms with Crippen LogP contribution in [0, 0.1) is 0 Å². The first kappa shape index (κ1) is 18.9. The number of ether oxygens (including phenoxy) is 2. The van der Waals surface area contributed by atoms with Crippen LogP contribution in [0.3, 0.4) is 0 Å². The molecule has 5 heteroatoms. The third-order valence-electron chi connectivity index (χ3n) is 4.50. The van der Waals surface area contributed by atoms with E-state index in [0.717, 1.165) is 16.7 Å². The first-order chi connectivity index (χ1) is 13.1. The molecule has 0 saturated heterocycles. The molecule has 2 aromatic rings. The second kappa shape index (κ2) is 8.64. The monoisotopic (exact) mass is 365 g/mol. The molecule has 140 valence electrons. The van der Waals surface area contributed by atoms with Crippen LogP contribution < -0.4 is 5.32 Å². The van der Waals surface area contributed by atoms with E-state index >= 15 is 0 Å². The van der Waals surface area contributed by atoms with Gasteiger partial charge < -0.3 is 14.8 Å². The van der Waals surface area contributed by atoms with Gasteiger partial charge in [0.2, 0.25) is 5.91 Å². The summed E-state index contributed by atoms with van der Waals surface area (Å²) in [6.45, 7) is 2.15. The standard InChI is InChI=1S/C22H23NO4/c1-3-27-22(25)18-11-16-9-10-19(13-17(16)12-18)23-21(24)14-20(26-2)15-7-5-4-6-8-15/h4-11,13,20H,3,12,14H2,1-2H3,(H,23,24). The summed E-state index contributed by atoms with van der Waals surface area (Å²) in [5, 5.41) is 2.92. The first-order valence-electron chi connectivity index (χ1n) is 8.99. The van der Waals surface area contributed by atoms with Crippen molar-refractivity contribution in [3.8, 4) is 0 Å². The lowest BCUT2D eigenvalue weighted by Gasteiger charge is -2.15. The van der Waals surface area contributed by atoms with Crippen LogP contribution in [0.2, 0.25) is 0 Å². The van der Waals surface area contributed by atoms with Crippen molar-refractivity contribution in [1.29, 1.82) is 0 Å². The fraction of sp³-hybridized carbons (Fsp3) is 0.273. The number of amides is 1. The molecule has 1 aliphatic rings. The van der Waals surface area contributed by atoms with Crippen LogP contribution in [0.1, 0.15) is 36.1 Å². The minimum atomic E-state index is -0.294. The lowest BCUT2D eigenvalue weighted by Crippen LogP contribution is -2.16. The zero-order chi connectivity index (χ0) is 19.2. The molecular weight excluding hydrogens is 342 g/mol. The van der Waals surface area contributed by atoms with E-state index in [9.17, 15) is 9.59 Å². The number of nitrogens with one attached hydrogen (secondary N) is 1. The molecular formula is C22H23NO4. The average Bonchev–Trinajstić information content (AvgIpc) is 3.10. The Morgan fingerprint density at radius 2 is 1.93 bits per heavy atom. The van der Waals surface area contributed by atoms with Crippen molar-refractivity contribution in [2.75, 3.05) is 19.0 Å². The number of carbonyl (C=O) groups is 2. The van der Waals surface area contributed by atoms with Gasteiger partial charge in [-0.1, -0.05) is 36.4 Å². The topological polar surface area (TPSA) is 64.6 Å². The number of fused-ring (bicyclic) bond motifs is 1. The number of hydrogen-bond acceptors (Lipinski definition) is 4. The van der Waals surface area contributed by atoms with Crippen molar-refractivity contribution in [2.24, 2.45) is 0 Å². The van der Waals surface area contributed by atoms with Gasteiger partial charge in [0.1, 0.15) is 0 Å². The zero-order valence-corrected chi connectivity index (χ0v) is 15.5. The lowest BCUT2D eigenvalue weighted by molar-refractivity contribution is -0.138. The second-order valence-corrected chi connectivity index (χ2v) is 6.37. The molecule has 0 spiro atoms. The Morgan fingerprint density at radius 1 is 1.15 bits per heavy atom. The number of anilines is 1. The summed E-state index contributed by atoms with van der Waals surface area (Å²) in [4.78, 5) is 24.3. The summed E-state index contributed by atoms with van der Waals surface area (Å²) in [5.41, 5.74) is 4.30. The molecule has 0 fully saturated rings. The van der Waals surface area contributed by atoms with Crippen molar-refractivity contribution in [1.82, 2.24) is 0 Å². The van der Waals surface area contributed by atoms with Crippen LogP contribution in [-0.4, -0.2) is 25.6 Å².